The van der Waals surface area contributed by atoms with Crippen molar-refractivity contribution in [3.05, 3.63) is 240 Å². The third-order valence-electron chi connectivity index (χ3n) is 13.3. The zero-order chi connectivity index (χ0) is 76.3. The average Bonchev–Trinajstić information content (AvgIpc) is 0.817. The van der Waals surface area contributed by atoms with E-state index in [4.69, 9.17) is 74.6 Å². The quantitative estimate of drug-likeness (QED) is 0.00630. The number of aromatic amines is 1. The highest BCUT2D eigenvalue weighted by atomic mass is 35.5. The number of aromatic nitrogens is 6. The number of carbonyl (C=O) groups excluding carboxylic acids is 2. The van der Waals surface area contributed by atoms with Crippen molar-refractivity contribution in [2.24, 2.45) is 16.5 Å². The van der Waals surface area contributed by atoms with Crippen LogP contribution in [0.15, 0.2) is 161 Å². The van der Waals surface area contributed by atoms with E-state index in [9.17, 15) is 14.4 Å². The van der Waals surface area contributed by atoms with Crippen LogP contribution >= 0.6 is 24.0 Å². The smallest absolute Gasteiger partial charge is 0.313 e. The number of hydrogen-bond donors (Lipinski definition) is 8. The number of benzene rings is 6. The lowest BCUT2D eigenvalue weighted by atomic mass is 10.0. The maximum absolute atomic E-state index is 11.4. The van der Waals surface area contributed by atoms with Gasteiger partial charge in [-0.05, 0) is 201 Å². The van der Waals surface area contributed by atoms with Crippen LogP contribution in [0.4, 0.5) is 62.5 Å². The topological polar surface area (TPSA) is 459 Å². The van der Waals surface area contributed by atoms with Gasteiger partial charge in [0.1, 0.15) is 24.0 Å². The molecule has 6 aromatic carbocycles. The van der Waals surface area contributed by atoms with Gasteiger partial charge in [-0.1, -0.05) is 19.0 Å². The van der Waals surface area contributed by atoms with Crippen LogP contribution in [0, 0.1) is 95.7 Å². The van der Waals surface area contributed by atoms with Crippen molar-refractivity contribution in [2.75, 3.05) is 69.2 Å². The molecule has 0 bridgehead atoms. The predicted octanol–water partition coefficient (Wildman–Crippen LogP) is 13.4. The maximum atomic E-state index is 11.4. The van der Waals surface area contributed by atoms with Gasteiger partial charge in [0.2, 0.25) is 17.8 Å². The molecule has 0 aliphatic heterocycles. The molecule has 0 saturated heterocycles. The number of Topliss-reactive ketones (excluding diaryl/α,β-unsaturated/α-hetero) is 1. The van der Waals surface area contributed by atoms with Gasteiger partial charge in [-0.15, -0.1) is 12.4 Å². The number of nitrogens with two attached hydrogens (primary N) is 3. The van der Waals surface area contributed by atoms with E-state index in [2.05, 4.69) is 77.8 Å². The molecule has 9 aromatic rings. The summed E-state index contributed by atoms with van der Waals surface area (Å²) in [4.78, 5) is 60.5. The molecule has 554 valence electrons. The van der Waals surface area contributed by atoms with Crippen LogP contribution < -0.4 is 44.0 Å². The number of carbonyl (C=O) groups is 2. The fourth-order valence-electron chi connectivity index (χ4n) is 8.64. The summed E-state index contributed by atoms with van der Waals surface area (Å²) >= 11 is 5.91. The number of nitrogens with zero attached hydrogens (tertiary/aromatic N) is 12. The van der Waals surface area contributed by atoms with Gasteiger partial charge in [-0.2, -0.15) is 36.6 Å². The van der Waals surface area contributed by atoms with E-state index in [-0.39, 0.29) is 61.5 Å². The van der Waals surface area contributed by atoms with Gasteiger partial charge in [0.25, 0.3) is 5.56 Å². The van der Waals surface area contributed by atoms with Crippen molar-refractivity contribution in [3.63, 3.8) is 0 Å². The number of rotatable bonds is 21. The van der Waals surface area contributed by atoms with Gasteiger partial charge in [0.05, 0.1) is 108 Å². The first kappa shape index (κ1) is 91.6. The zero-order valence-corrected chi connectivity index (χ0v) is 60.8. The first-order valence-electron chi connectivity index (χ1n) is 30.9. The van der Waals surface area contributed by atoms with E-state index >= 15 is 0 Å². The van der Waals surface area contributed by atoms with Crippen molar-refractivity contribution in [2.45, 2.75) is 61.4 Å². The highest BCUT2D eigenvalue weighted by molar-refractivity contribution is 6.29. The molecule has 0 atom stereocenters. The molecule has 0 spiro atoms. The summed E-state index contributed by atoms with van der Waals surface area (Å²) in [5, 5.41) is 64.9. The number of guanidine groups is 1. The van der Waals surface area contributed by atoms with Gasteiger partial charge >= 0.3 is 5.97 Å². The molecule has 3 aromatic heterocycles. The molecule has 0 aliphatic rings. The molecule has 3 heterocycles. The van der Waals surface area contributed by atoms with Crippen molar-refractivity contribution in [1.29, 1.82) is 31.6 Å². The SMILES string of the molecule is C.COCC(=O)CC(=O)OC.COCc1cc(=O)[nH]c(Nc2ccc(C#N)cc2)n1.COCc1cc(Cl)nc(Nc2ccc(C#N)cc2)n1.COCc1cc(Nc2c(C)cc(/C=C/C#N)cc2C)nc(Nc2ccc(C#N)cc2)n1.Cc1cc(/C=C/C#N)cc(C)c1N.Cl.F.N#Cc1ccc(N=C(N)N)cc1. The average molecular weight is 1490 g/mol. The molecule has 0 fully saturated rings. The van der Waals surface area contributed by atoms with Crippen LogP contribution in [-0.4, -0.2) is 89.8 Å². The number of hydrogen-bond acceptors (Lipinski definition) is 25. The molecular weight excluding hydrogens is 1410 g/mol. The van der Waals surface area contributed by atoms with Crippen LogP contribution in [0.3, 0.4) is 0 Å². The van der Waals surface area contributed by atoms with Crippen molar-refractivity contribution < 1.29 is 38.0 Å². The summed E-state index contributed by atoms with van der Waals surface area (Å²) in [5.74, 6) is 1.000. The van der Waals surface area contributed by atoms with Gasteiger partial charge in [-0.3, -0.25) is 24.1 Å². The second-order valence-corrected chi connectivity index (χ2v) is 21.9. The van der Waals surface area contributed by atoms with Gasteiger partial charge in [-0.25, -0.2) is 24.9 Å². The van der Waals surface area contributed by atoms with Gasteiger partial charge in [0, 0.05) is 81.2 Å². The number of esters is 1. The summed E-state index contributed by atoms with van der Waals surface area (Å²) in [6.45, 7) is 8.89. The van der Waals surface area contributed by atoms with Crippen molar-refractivity contribution >= 4 is 112 Å². The summed E-state index contributed by atoms with van der Waals surface area (Å²) in [5.41, 5.74) is 31.0. The van der Waals surface area contributed by atoms with E-state index in [0.717, 1.165) is 67.5 Å². The molecule has 11 N–H and O–H groups in total. The van der Waals surface area contributed by atoms with Crippen LogP contribution in [0.2, 0.25) is 5.15 Å². The second-order valence-electron chi connectivity index (χ2n) is 21.5. The molecular formula is C76H81Cl2FN20O8. The number of nitrogens with one attached hydrogen (secondary N) is 5. The molecule has 31 heteroatoms. The third kappa shape index (κ3) is 34.4. The lowest BCUT2D eigenvalue weighted by molar-refractivity contribution is -0.144. The fourth-order valence-corrected chi connectivity index (χ4v) is 8.85. The highest BCUT2D eigenvalue weighted by Gasteiger charge is 2.12. The number of ether oxygens (including phenoxy) is 5. The number of aliphatic imine (C=N–C) groups is 1. The molecule has 0 unspecified atom stereocenters. The Labute approximate surface area is 631 Å². The number of nitriles is 6. The molecule has 28 nitrogen and oxygen atoms in total. The minimum absolute atomic E-state index is 0. The van der Waals surface area contributed by atoms with E-state index in [0.29, 0.717) is 81.4 Å². The number of methoxy groups -OCH3 is 5. The standard InChI is InChI=1S/C24H22N6O.C13H11ClN4O.C13H12N4O2.C11H12N2.C8H8N4.C6H10O4.CH4.ClH.FH/c1-16-11-19(5-4-10-25)12-17(2)23(16)29-22-13-21(15-31-3)28-24(30-22)27-20-8-6-18(14-26)7-9-20;1-19-8-11-6-12(14)18-13(17-11)16-10-4-2-9(7-15)3-5-10;1-19-8-11-6-12(18)17-13(16-11)15-10-4-2-9(7-14)3-5-10;1-8-6-10(4-3-5-12)7-9(2)11(8)13;9-5-6-1-3-7(4-2-6)12-8(10)11;1-9-4-5(7)3-6(8)10-2;;;/h4-9,11-13H,15H2,1-3H3,(H2,27,28,29,30);2-6H,8H2,1H3,(H,16,17,18);2-6H,8H2,1H3,(H2,15,16,17,18);3-4,6-7H,13H2,1-2H3;1-4H,(H4,10,11,12);3-4H2,1-2H3;1H4;2*1H/b5-4+;;;4-3+;;;;;. The Kier molecular flexibility index (Phi) is 42.8. The first-order valence-corrected chi connectivity index (χ1v) is 31.2. The van der Waals surface area contributed by atoms with Crippen molar-refractivity contribution in [1.82, 2.24) is 29.9 Å². The maximum Gasteiger partial charge on any atom is 0.313 e. The Morgan fingerprint density at radius 2 is 0.944 bits per heavy atom. The number of ketones is 1. The van der Waals surface area contributed by atoms with Crippen molar-refractivity contribution in [3.8, 4) is 36.4 Å². The Morgan fingerprint density at radius 1 is 0.542 bits per heavy atom. The number of nitrogen functional groups attached to an aromatic ring is 1. The normalized spacial score (nSPS) is 9.61. The summed E-state index contributed by atoms with van der Waals surface area (Å²) in [6, 6.07) is 52.5. The van der Waals surface area contributed by atoms with E-state index < -0.39 is 5.97 Å². The van der Waals surface area contributed by atoms with E-state index in [1.54, 1.807) is 129 Å². The highest BCUT2D eigenvalue weighted by Crippen LogP contribution is 2.28. The van der Waals surface area contributed by atoms with E-state index in [1.165, 1.54) is 39.5 Å². The predicted molar refractivity (Wildman–Crippen MR) is 415 cm³/mol. The van der Waals surface area contributed by atoms with Crippen LogP contribution in [0.5, 0.6) is 0 Å². The fraction of sp³-hybridized carbons (Fsp3) is 0.197. The number of halogens is 3. The van der Waals surface area contributed by atoms with Gasteiger partial charge < -0.3 is 62.2 Å². The molecule has 0 radical (unpaired) electrons. The molecule has 9 rings (SSSR count). The lowest BCUT2D eigenvalue weighted by Crippen LogP contribution is -2.21. The summed E-state index contributed by atoms with van der Waals surface area (Å²) in [6.07, 6.45) is 6.28. The minimum atomic E-state index is -0.526. The Balaban J connectivity index is 0.000000667. The lowest BCUT2D eigenvalue weighted by Gasteiger charge is -2.15. The van der Waals surface area contributed by atoms with E-state index in [1.807, 2.05) is 82.3 Å². The minimum Gasteiger partial charge on any atom is -0.469 e. The molecule has 0 saturated carbocycles. The number of H-pyrrole nitrogens is 1. The zero-order valence-electron chi connectivity index (χ0n) is 59.2. The Morgan fingerprint density at radius 3 is 1.35 bits per heavy atom. The summed E-state index contributed by atoms with van der Waals surface area (Å²) < 4.78 is 23.9. The number of anilines is 9. The van der Waals surface area contributed by atoms with Crippen LogP contribution in [0.1, 0.15) is 86.6 Å². The number of allylic oxidation sites excluding steroid dienone is 2. The number of aryl methyl sites for hydroxylation is 4. The van der Waals surface area contributed by atoms with Gasteiger partial charge in [0.15, 0.2) is 11.7 Å². The Hall–Kier alpha value is -13.5. The largest absolute Gasteiger partial charge is 0.469 e. The summed E-state index contributed by atoms with van der Waals surface area (Å²) in [7, 11) is 7.38. The third-order valence-corrected chi connectivity index (χ3v) is 13.5. The monoisotopic (exact) mass is 1490 g/mol. The second kappa shape index (κ2) is 50.0. The Bertz CT molecular complexity index is 4720. The van der Waals surface area contributed by atoms with Crippen LogP contribution in [-0.2, 0) is 53.1 Å². The van der Waals surface area contributed by atoms with Crippen LogP contribution in [0.25, 0.3) is 12.2 Å². The molecule has 0 aliphatic carbocycles. The molecule has 0 amide bonds. The first-order chi connectivity index (χ1) is 50.0. The molecule has 107 heavy (non-hydrogen) atoms.